The molecule has 0 bridgehead atoms. The third-order valence-electron chi connectivity index (χ3n) is 2.22. The van der Waals surface area contributed by atoms with Crippen molar-refractivity contribution in [2.45, 2.75) is 19.8 Å². The molecule has 1 heterocycles. The minimum Gasteiger partial charge on any atom is -0.435 e. The van der Waals surface area contributed by atoms with Crippen LogP contribution in [-0.2, 0) is 4.74 Å². The lowest BCUT2D eigenvalue weighted by Crippen LogP contribution is -2.11. The Hall–Kier alpha value is -1.40. The molecule has 0 saturated heterocycles. The van der Waals surface area contributed by atoms with Gasteiger partial charge in [0.15, 0.2) is 0 Å². The first-order valence-corrected chi connectivity index (χ1v) is 6.80. The van der Waals surface area contributed by atoms with Crippen LogP contribution < -0.4 is 4.74 Å². The number of benzene rings is 1. The predicted octanol–water partition coefficient (Wildman–Crippen LogP) is 4.54. The molecule has 6 heteroatoms. The maximum absolute atomic E-state index is 11.3. The molecule has 2 rings (SSSR count). The maximum atomic E-state index is 11.3. The third-order valence-corrected chi connectivity index (χ3v) is 3.34. The van der Waals surface area contributed by atoms with Gasteiger partial charge in [-0.15, -0.1) is 0 Å². The first-order chi connectivity index (χ1) is 8.69. The highest BCUT2D eigenvalue weighted by Crippen LogP contribution is 2.27. The number of carbonyl (C=O) groups is 1. The highest BCUT2D eigenvalue weighted by Gasteiger charge is 2.08. The molecular formula is C12H12O4S2. The molecule has 0 unspecified atom stereocenters. The molecule has 1 aromatic heterocycles. The molecule has 0 radical (unpaired) electrons. The Morgan fingerprint density at radius 1 is 1.50 bits per heavy atom. The summed E-state index contributed by atoms with van der Waals surface area (Å²) in [5.41, 5.74) is 0.691. The van der Waals surface area contributed by atoms with Crippen LogP contribution in [0.4, 0.5) is 4.79 Å². The van der Waals surface area contributed by atoms with E-state index in [1.54, 1.807) is 18.2 Å². The average Bonchev–Trinajstić information content (AvgIpc) is 2.69. The molecule has 18 heavy (non-hydrogen) atoms. The van der Waals surface area contributed by atoms with Gasteiger partial charge < -0.3 is 13.9 Å². The van der Waals surface area contributed by atoms with Crippen LogP contribution in [0.5, 0.6) is 5.75 Å². The van der Waals surface area contributed by atoms with Crippen molar-refractivity contribution in [2.75, 3.05) is 6.61 Å². The summed E-state index contributed by atoms with van der Waals surface area (Å²) in [6.07, 6.45) is 1.12. The topological polar surface area (TPSA) is 48.7 Å². The summed E-state index contributed by atoms with van der Waals surface area (Å²) in [6.45, 7) is 2.40. The van der Waals surface area contributed by atoms with Crippen LogP contribution in [-0.4, -0.2) is 12.8 Å². The van der Waals surface area contributed by atoms with Crippen molar-refractivity contribution < 1.29 is 18.7 Å². The summed E-state index contributed by atoms with van der Waals surface area (Å²) in [5, 5.41) is 0. The van der Waals surface area contributed by atoms with Gasteiger partial charge >= 0.3 is 6.16 Å². The van der Waals surface area contributed by atoms with Crippen LogP contribution >= 0.6 is 23.6 Å². The molecule has 0 aliphatic rings. The summed E-state index contributed by atoms with van der Waals surface area (Å²) in [6, 6.07) is 5.07. The monoisotopic (exact) mass is 284 g/mol. The van der Waals surface area contributed by atoms with Gasteiger partial charge in [0, 0.05) is 6.07 Å². The molecule has 0 fully saturated rings. The minimum atomic E-state index is -0.685. The second-order valence-electron chi connectivity index (χ2n) is 3.62. The van der Waals surface area contributed by atoms with Crippen LogP contribution in [0.3, 0.4) is 0 Å². The lowest BCUT2D eigenvalue weighted by Gasteiger charge is -2.04. The van der Waals surface area contributed by atoms with Crippen LogP contribution in [0.15, 0.2) is 22.6 Å². The zero-order valence-electron chi connectivity index (χ0n) is 9.80. The second-order valence-corrected chi connectivity index (χ2v) is 5.26. The fourth-order valence-corrected chi connectivity index (χ4v) is 2.40. The molecule has 4 nitrogen and oxygen atoms in total. The van der Waals surface area contributed by atoms with Gasteiger partial charge in [-0.3, -0.25) is 0 Å². The van der Waals surface area contributed by atoms with Gasteiger partial charge in [0.05, 0.1) is 11.3 Å². The van der Waals surface area contributed by atoms with Crippen molar-refractivity contribution in [3.05, 3.63) is 22.2 Å². The van der Waals surface area contributed by atoms with E-state index in [-0.39, 0.29) is 0 Å². The predicted molar refractivity (Wildman–Crippen MR) is 71.8 cm³/mol. The summed E-state index contributed by atoms with van der Waals surface area (Å²) in [4.78, 5) is 11.3. The largest absolute Gasteiger partial charge is 0.513 e. The Kier molecular flexibility index (Phi) is 4.33. The van der Waals surface area contributed by atoms with E-state index >= 15 is 0 Å². The smallest absolute Gasteiger partial charge is 0.435 e. The first-order valence-electron chi connectivity index (χ1n) is 5.57. The van der Waals surface area contributed by atoms with Gasteiger partial charge in [-0.25, -0.2) is 4.79 Å². The zero-order chi connectivity index (χ0) is 13.0. The molecule has 0 aliphatic carbocycles. The number of hydrogen-bond acceptors (Lipinski definition) is 6. The molecule has 0 N–H and O–H groups in total. The number of rotatable bonds is 4. The van der Waals surface area contributed by atoms with E-state index in [1.807, 2.05) is 6.92 Å². The van der Waals surface area contributed by atoms with Gasteiger partial charge in [0.25, 0.3) is 0 Å². The van der Waals surface area contributed by atoms with Crippen molar-refractivity contribution in [1.82, 2.24) is 0 Å². The van der Waals surface area contributed by atoms with Crippen molar-refractivity contribution >= 4 is 40.0 Å². The Morgan fingerprint density at radius 2 is 2.33 bits per heavy atom. The fraction of sp³-hybridized carbons (Fsp3) is 0.333. The summed E-state index contributed by atoms with van der Waals surface area (Å²) >= 11 is 6.27. The van der Waals surface area contributed by atoms with E-state index in [2.05, 4.69) is 0 Å². The van der Waals surface area contributed by atoms with E-state index in [9.17, 15) is 4.79 Å². The maximum Gasteiger partial charge on any atom is 0.513 e. The Morgan fingerprint density at radius 3 is 3.11 bits per heavy atom. The molecule has 0 amide bonds. The summed E-state index contributed by atoms with van der Waals surface area (Å²) in [7, 11) is 0. The summed E-state index contributed by atoms with van der Waals surface area (Å²) < 4.78 is 16.5. The van der Waals surface area contributed by atoms with Gasteiger partial charge in [-0.05, 0) is 30.8 Å². The lowest BCUT2D eigenvalue weighted by molar-refractivity contribution is 0.0979. The standard InChI is InChI=1S/C12H12O4S2/c1-2-3-6-14-11(13)15-8-4-5-9-10(7-8)18-12(17)16-9/h4-5,7H,2-3,6H2,1H3. The van der Waals surface area contributed by atoms with Gasteiger partial charge in [-0.1, -0.05) is 24.7 Å². The average molecular weight is 284 g/mol. The zero-order valence-corrected chi connectivity index (χ0v) is 11.4. The van der Waals surface area contributed by atoms with Crippen LogP contribution in [0.25, 0.3) is 10.3 Å². The quantitative estimate of drug-likeness (QED) is 0.357. The van der Waals surface area contributed by atoms with E-state index < -0.39 is 6.16 Å². The van der Waals surface area contributed by atoms with Crippen molar-refractivity contribution in [3.63, 3.8) is 0 Å². The van der Waals surface area contributed by atoms with E-state index in [4.69, 9.17) is 26.1 Å². The second kappa shape index (κ2) is 5.97. The van der Waals surface area contributed by atoms with Crippen molar-refractivity contribution in [3.8, 4) is 5.75 Å². The number of fused-ring (bicyclic) bond motifs is 1. The highest BCUT2D eigenvalue weighted by molar-refractivity contribution is 7.73. The van der Waals surface area contributed by atoms with E-state index in [0.717, 1.165) is 17.5 Å². The number of carbonyl (C=O) groups excluding carboxylic acids is 1. The molecule has 0 saturated carbocycles. The molecule has 96 valence electrons. The molecule has 0 spiro atoms. The SMILES string of the molecule is CCCCOC(=O)Oc1ccc2oc(=S)sc2c1. The number of unbranched alkanes of at least 4 members (excludes halogenated alkanes) is 1. The number of hydrogen-bond donors (Lipinski definition) is 0. The molecule has 1 aromatic carbocycles. The highest BCUT2D eigenvalue weighted by atomic mass is 32.1. The van der Waals surface area contributed by atoms with E-state index in [0.29, 0.717) is 22.0 Å². The first kappa shape index (κ1) is 13.0. The lowest BCUT2D eigenvalue weighted by atomic mass is 10.3. The number of ether oxygens (including phenoxy) is 2. The minimum absolute atomic E-state index is 0.377. The third kappa shape index (κ3) is 3.30. The van der Waals surface area contributed by atoms with Crippen molar-refractivity contribution in [1.29, 1.82) is 0 Å². The molecule has 2 aromatic rings. The molecular weight excluding hydrogens is 272 g/mol. The fourth-order valence-electron chi connectivity index (χ4n) is 1.34. The Balaban J connectivity index is 2.02. The van der Waals surface area contributed by atoms with Gasteiger partial charge in [0.1, 0.15) is 11.3 Å². The van der Waals surface area contributed by atoms with Crippen LogP contribution in [0.2, 0.25) is 0 Å². The molecule has 0 aliphatic heterocycles. The normalized spacial score (nSPS) is 10.5. The Bertz CT molecular complexity index is 599. The Labute approximate surface area is 113 Å². The van der Waals surface area contributed by atoms with Gasteiger partial charge in [-0.2, -0.15) is 0 Å². The van der Waals surface area contributed by atoms with Gasteiger partial charge in [0.2, 0.25) is 4.02 Å². The van der Waals surface area contributed by atoms with E-state index in [1.165, 1.54) is 11.3 Å². The molecule has 0 atom stereocenters. The van der Waals surface area contributed by atoms with Crippen molar-refractivity contribution in [2.24, 2.45) is 0 Å². The summed E-state index contributed by atoms with van der Waals surface area (Å²) in [5.74, 6) is 0.427. The van der Waals surface area contributed by atoms with Crippen LogP contribution in [0, 0.1) is 4.02 Å². The van der Waals surface area contributed by atoms with Crippen LogP contribution in [0.1, 0.15) is 19.8 Å².